The number of carbonyl (C=O) groups excluding carboxylic acids is 1. The molecule has 0 aliphatic heterocycles. The topological polar surface area (TPSA) is 49.6 Å². The molecular formula is C13H21N3O. The zero-order valence-corrected chi connectivity index (χ0v) is 11.0. The summed E-state index contributed by atoms with van der Waals surface area (Å²) >= 11 is 0. The molecule has 1 aromatic carbocycles. The van der Waals surface area contributed by atoms with E-state index in [4.69, 9.17) is 5.73 Å². The summed E-state index contributed by atoms with van der Waals surface area (Å²) in [4.78, 5) is 15.6. The van der Waals surface area contributed by atoms with Crippen LogP contribution in [-0.2, 0) is 0 Å². The first-order valence-corrected chi connectivity index (χ1v) is 5.87. The van der Waals surface area contributed by atoms with Crippen LogP contribution in [0.15, 0.2) is 18.2 Å². The molecule has 0 spiro atoms. The summed E-state index contributed by atoms with van der Waals surface area (Å²) in [7, 11) is 3.49. The molecule has 0 aliphatic carbocycles. The largest absolute Gasteiger partial charge is 0.397 e. The third-order valence-electron chi connectivity index (χ3n) is 2.79. The number of nitrogens with two attached hydrogens (primary N) is 1. The first-order chi connectivity index (χ1) is 8.01. The Bertz CT molecular complexity index is 398. The molecule has 4 nitrogen and oxygen atoms in total. The van der Waals surface area contributed by atoms with Crippen molar-refractivity contribution in [3.05, 3.63) is 23.8 Å². The van der Waals surface area contributed by atoms with Gasteiger partial charge >= 0.3 is 0 Å². The Morgan fingerprint density at radius 1 is 1.24 bits per heavy atom. The van der Waals surface area contributed by atoms with E-state index in [1.807, 2.05) is 6.07 Å². The third-order valence-corrected chi connectivity index (χ3v) is 2.79. The van der Waals surface area contributed by atoms with Crippen molar-refractivity contribution in [3.63, 3.8) is 0 Å². The van der Waals surface area contributed by atoms with Gasteiger partial charge in [0.25, 0.3) is 5.91 Å². The molecule has 1 rings (SSSR count). The first kappa shape index (κ1) is 13.4. The summed E-state index contributed by atoms with van der Waals surface area (Å²) in [5, 5.41) is 0. The molecule has 17 heavy (non-hydrogen) atoms. The van der Waals surface area contributed by atoms with E-state index in [-0.39, 0.29) is 5.91 Å². The van der Waals surface area contributed by atoms with Crippen LogP contribution in [0.5, 0.6) is 0 Å². The molecule has 0 heterocycles. The number of hydrogen-bond acceptors (Lipinski definition) is 3. The van der Waals surface area contributed by atoms with Crippen LogP contribution in [0.3, 0.4) is 0 Å². The Kier molecular flexibility index (Phi) is 4.37. The molecule has 0 aromatic heterocycles. The Balaban J connectivity index is 3.14. The molecule has 0 atom stereocenters. The fourth-order valence-electron chi connectivity index (χ4n) is 1.77. The van der Waals surface area contributed by atoms with Gasteiger partial charge in [0.2, 0.25) is 0 Å². The smallest absolute Gasteiger partial charge is 0.253 e. The predicted molar refractivity (Wildman–Crippen MR) is 72.4 cm³/mol. The number of benzene rings is 1. The normalized spacial score (nSPS) is 10.1. The molecule has 0 saturated heterocycles. The van der Waals surface area contributed by atoms with E-state index in [2.05, 4.69) is 18.7 Å². The van der Waals surface area contributed by atoms with E-state index in [9.17, 15) is 4.79 Å². The van der Waals surface area contributed by atoms with E-state index in [0.29, 0.717) is 11.3 Å². The highest BCUT2D eigenvalue weighted by Gasteiger charge is 2.12. The highest BCUT2D eigenvalue weighted by molar-refractivity contribution is 5.96. The maximum atomic E-state index is 11.9. The number of rotatable bonds is 4. The van der Waals surface area contributed by atoms with Gasteiger partial charge in [-0.1, -0.05) is 0 Å². The molecule has 2 N–H and O–H groups in total. The standard InChI is InChI=1S/C13H21N3O/c1-5-16(6-2)12-9-10(7-8-11(12)14)13(17)15(3)4/h7-9H,5-6,14H2,1-4H3. The summed E-state index contributed by atoms with van der Waals surface area (Å²) in [6.45, 7) is 5.90. The highest BCUT2D eigenvalue weighted by atomic mass is 16.2. The Morgan fingerprint density at radius 3 is 2.29 bits per heavy atom. The van der Waals surface area contributed by atoms with Crippen LogP contribution in [-0.4, -0.2) is 38.0 Å². The van der Waals surface area contributed by atoms with Gasteiger partial charge in [0.1, 0.15) is 0 Å². The van der Waals surface area contributed by atoms with Crippen molar-refractivity contribution in [2.45, 2.75) is 13.8 Å². The zero-order valence-electron chi connectivity index (χ0n) is 11.0. The number of amides is 1. The summed E-state index contributed by atoms with van der Waals surface area (Å²) in [5.41, 5.74) is 8.27. The van der Waals surface area contributed by atoms with Crippen LogP contribution >= 0.6 is 0 Å². The van der Waals surface area contributed by atoms with Gasteiger partial charge in [0, 0.05) is 32.7 Å². The number of nitrogen functional groups attached to an aromatic ring is 1. The van der Waals surface area contributed by atoms with E-state index in [1.54, 1.807) is 31.1 Å². The lowest BCUT2D eigenvalue weighted by Crippen LogP contribution is -2.25. The number of nitrogens with zero attached hydrogens (tertiary/aromatic N) is 2. The van der Waals surface area contributed by atoms with Gasteiger partial charge in [-0.3, -0.25) is 4.79 Å². The van der Waals surface area contributed by atoms with Crippen molar-refractivity contribution in [2.24, 2.45) is 0 Å². The summed E-state index contributed by atoms with van der Waals surface area (Å²) < 4.78 is 0. The molecule has 0 saturated carbocycles. The van der Waals surface area contributed by atoms with Crippen molar-refractivity contribution >= 4 is 17.3 Å². The van der Waals surface area contributed by atoms with Crippen molar-refractivity contribution in [1.29, 1.82) is 0 Å². The molecule has 0 aliphatic rings. The lowest BCUT2D eigenvalue weighted by atomic mass is 10.1. The van der Waals surface area contributed by atoms with Crippen LogP contribution in [0.1, 0.15) is 24.2 Å². The lowest BCUT2D eigenvalue weighted by molar-refractivity contribution is 0.0827. The molecule has 94 valence electrons. The fourth-order valence-corrected chi connectivity index (χ4v) is 1.77. The summed E-state index contributed by atoms with van der Waals surface area (Å²) in [6.07, 6.45) is 0. The number of carbonyl (C=O) groups is 1. The zero-order chi connectivity index (χ0) is 13.0. The number of anilines is 2. The predicted octanol–water partition coefficient (Wildman–Crippen LogP) is 1.82. The average molecular weight is 235 g/mol. The SMILES string of the molecule is CCN(CC)c1cc(C(=O)N(C)C)ccc1N. The summed E-state index contributed by atoms with van der Waals surface area (Å²) in [6, 6.07) is 5.43. The minimum atomic E-state index is -0.00148. The Morgan fingerprint density at radius 2 is 1.82 bits per heavy atom. The Labute approximate surface area is 103 Å². The minimum absolute atomic E-state index is 0.00148. The van der Waals surface area contributed by atoms with Gasteiger partial charge in [0.15, 0.2) is 0 Å². The number of hydrogen-bond donors (Lipinski definition) is 1. The molecular weight excluding hydrogens is 214 g/mol. The molecule has 0 radical (unpaired) electrons. The molecule has 1 amide bonds. The van der Waals surface area contributed by atoms with Gasteiger partial charge in [-0.05, 0) is 32.0 Å². The van der Waals surface area contributed by atoms with Gasteiger partial charge in [-0.25, -0.2) is 0 Å². The molecule has 0 bridgehead atoms. The van der Waals surface area contributed by atoms with Crippen LogP contribution in [0.25, 0.3) is 0 Å². The first-order valence-electron chi connectivity index (χ1n) is 5.87. The molecule has 4 heteroatoms. The lowest BCUT2D eigenvalue weighted by Gasteiger charge is -2.23. The van der Waals surface area contributed by atoms with Crippen molar-refractivity contribution in [3.8, 4) is 0 Å². The van der Waals surface area contributed by atoms with Gasteiger partial charge < -0.3 is 15.5 Å². The minimum Gasteiger partial charge on any atom is -0.397 e. The Hall–Kier alpha value is -1.71. The van der Waals surface area contributed by atoms with Crippen LogP contribution < -0.4 is 10.6 Å². The maximum Gasteiger partial charge on any atom is 0.253 e. The quantitative estimate of drug-likeness (QED) is 0.810. The fraction of sp³-hybridized carbons (Fsp3) is 0.462. The second-order valence-electron chi connectivity index (χ2n) is 4.15. The maximum absolute atomic E-state index is 11.9. The van der Waals surface area contributed by atoms with Crippen molar-refractivity contribution < 1.29 is 4.79 Å². The monoisotopic (exact) mass is 235 g/mol. The van der Waals surface area contributed by atoms with Crippen molar-refractivity contribution in [2.75, 3.05) is 37.8 Å². The van der Waals surface area contributed by atoms with Gasteiger partial charge in [0.05, 0.1) is 11.4 Å². The molecule has 0 unspecified atom stereocenters. The van der Waals surface area contributed by atoms with Crippen molar-refractivity contribution in [1.82, 2.24) is 4.90 Å². The highest BCUT2D eigenvalue weighted by Crippen LogP contribution is 2.24. The third kappa shape index (κ3) is 2.90. The second kappa shape index (κ2) is 5.57. The molecule has 0 fully saturated rings. The van der Waals surface area contributed by atoms with E-state index >= 15 is 0 Å². The van der Waals surface area contributed by atoms with E-state index < -0.39 is 0 Å². The second-order valence-corrected chi connectivity index (χ2v) is 4.15. The summed E-state index contributed by atoms with van der Waals surface area (Å²) in [5.74, 6) is -0.00148. The van der Waals surface area contributed by atoms with E-state index in [1.165, 1.54) is 0 Å². The van der Waals surface area contributed by atoms with Gasteiger partial charge in [-0.15, -0.1) is 0 Å². The molecule has 1 aromatic rings. The van der Waals surface area contributed by atoms with Crippen LogP contribution in [0.4, 0.5) is 11.4 Å². The van der Waals surface area contributed by atoms with E-state index in [0.717, 1.165) is 18.8 Å². The van der Waals surface area contributed by atoms with Crippen LogP contribution in [0.2, 0.25) is 0 Å². The van der Waals surface area contributed by atoms with Crippen LogP contribution in [0, 0.1) is 0 Å². The van der Waals surface area contributed by atoms with Gasteiger partial charge in [-0.2, -0.15) is 0 Å². The average Bonchev–Trinajstić information content (AvgIpc) is 2.32.